The van der Waals surface area contributed by atoms with Gasteiger partial charge in [-0.05, 0) is 24.1 Å². The first-order valence-corrected chi connectivity index (χ1v) is 4.80. The Morgan fingerprint density at radius 2 is 1.60 bits per heavy atom. The number of aromatic nitrogens is 3. The molecule has 0 fully saturated rings. The minimum atomic E-state index is 0.791. The SMILES string of the molecule is Nc1ccc(CCc2ncncn2)cc1. The summed E-state index contributed by atoms with van der Waals surface area (Å²) in [7, 11) is 0. The standard InChI is InChI=1S/C11H12N4/c12-10-4-1-9(2-5-10)3-6-11-14-7-13-8-15-11/h1-2,4-5,7-8H,3,6,12H2. The zero-order valence-corrected chi connectivity index (χ0v) is 8.30. The summed E-state index contributed by atoms with van der Waals surface area (Å²) < 4.78 is 0. The third-order valence-electron chi connectivity index (χ3n) is 2.16. The number of nitrogens with zero attached hydrogens (tertiary/aromatic N) is 3. The molecular formula is C11H12N4. The van der Waals surface area contributed by atoms with E-state index in [-0.39, 0.29) is 0 Å². The summed E-state index contributed by atoms with van der Waals surface area (Å²) in [5, 5.41) is 0. The van der Waals surface area contributed by atoms with Gasteiger partial charge in [0.05, 0.1) is 0 Å². The van der Waals surface area contributed by atoms with Crippen LogP contribution in [0.4, 0.5) is 5.69 Å². The molecule has 0 unspecified atom stereocenters. The normalized spacial score (nSPS) is 10.1. The number of hydrogen-bond acceptors (Lipinski definition) is 4. The predicted octanol–water partition coefficient (Wildman–Crippen LogP) is 1.24. The van der Waals surface area contributed by atoms with Crippen molar-refractivity contribution in [1.82, 2.24) is 15.0 Å². The van der Waals surface area contributed by atoms with Gasteiger partial charge in [-0.3, -0.25) is 0 Å². The fourth-order valence-corrected chi connectivity index (χ4v) is 1.33. The highest BCUT2D eigenvalue weighted by molar-refractivity contribution is 5.39. The van der Waals surface area contributed by atoms with Crippen LogP contribution in [0.5, 0.6) is 0 Å². The van der Waals surface area contributed by atoms with Gasteiger partial charge >= 0.3 is 0 Å². The van der Waals surface area contributed by atoms with Gasteiger partial charge in [0.2, 0.25) is 0 Å². The zero-order valence-electron chi connectivity index (χ0n) is 8.30. The summed E-state index contributed by atoms with van der Waals surface area (Å²) in [6.45, 7) is 0. The molecule has 4 heteroatoms. The number of benzene rings is 1. The molecule has 1 aromatic carbocycles. The van der Waals surface area contributed by atoms with E-state index in [9.17, 15) is 0 Å². The van der Waals surface area contributed by atoms with Gasteiger partial charge in [0.25, 0.3) is 0 Å². The van der Waals surface area contributed by atoms with E-state index in [2.05, 4.69) is 15.0 Å². The molecule has 0 aliphatic carbocycles. The Morgan fingerprint density at radius 1 is 0.933 bits per heavy atom. The predicted molar refractivity (Wildman–Crippen MR) is 58.1 cm³/mol. The van der Waals surface area contributed by atoms with E-state index in [0.717, 1.165) is 24.4 Å². The molecule has 4 nitrogen and oxygen atoms in total. The van der Waals surface area contributed by atoms with Gasteiger partial charge in [-0.1, -0.05) is 12.1 Å². The molecule has 0 amide bonds. The third kappa shape index (κ3) is 2.74. The Balaban J connectivity index is 1.96. The van der Waals surface area contributed by atoms with Crippen LogP contribution in [-0.2, 0) is 12.8 Å². The first kappa shape index (κ1) is 9.58. The average molecular weight is 200 g/mol. The van der Waals surface area contributed by atoms with E-state index >= 15 is 0 Å². The van der Waals surface area contributed by atoms with Gasteiger partial charge in [-0.15, -0.1) is 0 Å². The van der Waals surface area contributed by atoms with Gasteiger partial charge in [0.1, 0.15) is 18.5 Å². The van der Waals surface area contributed by atoms with Crippen LogP contribution in [0.2, 0.25) is 0 Å². The van der Waals surface area contributed by atoms with Crippen molar-refractivity contribution in [3.63, 3.8) is 0 Å². The highest BCUT2D eigenvalue weighted by Gasteiger charge is 1.97. The monoisotopic (exact) mass is 200 g/mol. The van der Waals surface area contributed by atoms with E-state index in [1.165, 1.54) is 18.2 Å². The molecule has 0 atom stereocenters. The molecule has 1 aromatic heterocycles. The van der Waals surface area contributed by atoms with Crippen LogP contribution in [0.25, 0.3) is 0 Å². The quantitative estimate of drug-likeness (QED) is 0.757. The molecule has 0 aliphatic heterocycles. The Kier molecular flexibility index (Phi) is 2.88. The van der Waals surface area contributed by atoms with Crippen LogP contribution in [0.1, 0.15) is 11.4 Å². The molecule has 0 spiro atoms. The van der Waals surface area contributed by atoms with Crippen molar-refractivity contribution < 1.29 is 0 Å². The van der Waals surface area contributed by atoms with Crippen LogP contribution in [-0.4, -0.2) is 15.0 Å². The number of rotatable bonds is 3. The van der Waals surface area contributed by atoms with Crippen LogP contribution in [0.3, 0.4) is 0 Å². The van der Waals surface area contributed by atoms with E-state index in [0.29, 0.717) is 0 Å². The van der Waals surface area contributed by atoms with E-state index < -0.39 is 0 Å². The molecule has 2 N–H and O–H groups in total. The largest absolute Gasteiger partial charge is 0.399 e. The molecule has 76 valence electrons. The highest BCUT2D eigenvalue weighted by Crippen LogP contribution is 2.07. The first-order valence-electron chi connectivity index (χ1n) is 4.80. The molecular weight excluding hydrogens is 188 g/mol. The molecule has 2 aromatic rings. The molecule has 0 aliphatic rings. The number of anilines is 1. The summed E-state index contributed by atoms with van der Waals surface area (Å²) in [4.78, 5) is 11.9. The number of nitrogens with two attached hydrogens (primary N) is 1. The maximum absolute atomic E-state index is 5.60. The second-order valence-corrected chi connectivity index (χ2v) is 3.30. The lowest BCUT2D eigenvalue weighted by Gasteiger charge is -2.00. The lowest BCUT2D eigenvalue weighted by molar-refractivity contribution is 0.835. The molecule has 0 saturated carbocycles. The van der Waals surface area contributed by atoms with Gasteiger partial charge < -0.3 is 5.73 Å². The molecule has 0 bridgehead atoms. The topological polar surface area (TPSA) is 64.7 Å². The summed E-state index contributed by atoms with van der Waals surface area (Å²) in [5.74, 6) is 0.821. The zero-order chi connectivity index (χ0) is 10.5. The lowest BCUT2D eigenvalue weighted by atomic mass is 10.1. The molecule has 2 rings (SSSR count). The van der Waals surface area contributed by atoms with E-state index in [4.69, 9.17) is 5.73 Å². The third-order valence-corrected chi connectivity index (χ3v) is 2.16. The minimum Gasteiger partial charge on any atom is -0.399 e. The summed E-state index contributed by atoms with van der Waals surface area (Å²) in [6, 6.07) is 7.86. The van der Waals surface area contributed by atoms with Gasteiger partial charge in [0.15, 0.2) is 0 Å². The van der Waals surface area contributed by atoms with Crippen molar-refractivity contribution in [3.8, 4) is 0 Å². The van der Waals surface area contributed by atoms with Crippen molar-refractivity contribution >= 4 is 5.69 Å². The Labute approximate surface area is 88.2 Å². The van der Waals surface area contributed by atoms with E-state index in [1.807, 2.05) is 24.3 Å². The van der Waals surface area contributed by atoms with Crippen LogP contribution >= 0.6 is 0 Å². The van der Waals surface area contributed by atoms with Crippen molar-refractivity contribution in [2.24, 2.45) is 0 Å². The summed E-state index contributed by atoms with van der Waals surface area (Å²) in [5.41, 5.74) is 7.63. The maximum atomic E-state index is 5.60. The van der Waals surface area contributed by atoms with Crippen LogP contribution in [0, 0.1) is 0 Å². The molecule has 0 radical (unpaired) electrons. The maximum Gasteiger partial charge on any atom is 0.132 e. The fourth-order valence-electron chi connectivity index (χ4n) is 1.33. The Bertz CT molecular complexity index is 410. The average Bonchev–Trinajstić information content (AvgIpc) is 2.30. The van der Waals surface area contributed by atoms with Crippen LogP contribution in [0.15, 0.2) is 36.9 Å². The fraction of sp³-hybridized carbons (Fsp3) is 0.182. The molecule has 1 heterocycles. The smallest absolute Gasteiger partial charge is 0.132 e. The first-order chi connectivity index (χ1) is 7.34. The van der Waals surface area contributed by atoms with Crippen LogP contribution < -0.4 is 5.73 Å². The second-order valence-electron chi connectivity index (χ2n) is 3.30. The Hall–Kier alpha value is -1.97. The number of hydrogen-bond donors (Lipinski definition) is 1. The molecule has 15 heavy (non-hydrogen) atoms. The second kappa shape index (κ2) is 4.50. The van der Waals surface area contributed by atoms with Gasteiger partial charge in [-0.25, -0.2) is 15.0 Å². The van der Waals surface area contributed by atoms with Crippen molar-refractivity contribution in [2.75, 3.05) is 5.73 Å². The van der Waals surface area contributed by atoms with Crippen molar-refractivity contribution in [3.05, 3.63) is 48.3 Å². The summed E-state index contributed by atoms with van der Waals surface area (Å²) >= 11 is 0. The van der Waals surface area contributed by atoms with E-state index in [1.54, 1.807) is 0 Å². The lowest BCUT2D eigenvalue weighted by Crippen LogP contribution is -1.98. The van der Waals surface area contributed by atoms with Gasteiger partial charge in [0, 0.05) is 12.1 Å². The Morgan fingerprint density at radius 3 is 2.27 bits per heavy atom. The minimum absolute atomic E-state index is 0.791. The van der Waals surface area contributed by atoms with Gasteiger partial charge in [-0.2, -0.15) is 0 Å². The number of aryl methyl sites for hydroxylation is 2. The number of nitrogen functional groups attached to an aromatic ring is 1. The van der Waals surface area contributed by atoms with Crippen molar-refractivity contribution in [2.45, 2.75) is 12.8 Å². The highest BCUT2D eigenvalue weighted by atomic mass is 15.0. The summed E-state index contributed by atoms with van der Waals surface area (Å²) in [6.07, 6.45) is 4.79. The molecule has 0 saturated heterocycles. The van der Waals surface area contributed by atoms with Crippen molar-refractivity contribution in [1.29, 1.82) is 0 Å².